The number of carbonyl (C=O) groups excluding carboxylic acids is 2. The van der Waals surface area contributed by atoms with Gasteiger partial charge in [0.05, 0.1) is 13.0 Å². The molecule has 0 aromatic heterocycles. The van der Waals surface area contributed by atoms with Gasteiger partial charge in [0.25, 0.3) is 0 Å². The van der Waals surface area contributed by atoms with Gasteiger partial charge in [-0.3, -0.25) is 9.59 Å². The molecule has 0 saturated carbocycles. The molecule has 0 saturated heterocycles. The first-order valence-electron chi connectivity index (χ1n) is 8.88. The zero-order chi connectivity index (χ0) is 17.9. The van der Waals surface area contributed by atoms with Crippen molar-refractivity contribution in [1.29, 1.82) is 0 Å². The summed E-state index contributed by atoms with van der Waals surface area (Å²) in [6, 6.07) is 0. The second-order valence-electron chi connectivity index (χ2n) is 5.61. The van der Waals surface area contributed by atoms with E-state index in [1.807, 2.05) is 0 Å². The fraction of sp³-hybridized carbons (Fsp3) is 0.600. The van der Waals surface area contributed by atoms with Crippen molar-refractivity contribution in [2.45, 2.75) is 64.2 Å². The molecule has 0 aliphatic carbocycles. The third-order valence-electron chi connectivity index (χ3n) is 3.39. The Hall–Kier alpha value is -1.84. The number of hydrogen-bond donors (Lipinski definition) is 0. The van der Waals surface area contributed by atoms with Crippen LogP contribution in [0, 0.1) is 0 Å². The Balaban J connectivity index is 0.000000506. The summed E-state index contributed by atoms with van der Waals surface area (Å²) in [5.41, 5.74) is 0. The molecule has 1 rings (SSSR count). The highest BCUT2D eigenvalue weighted by atomic mass is 16.5. The van der Waals surface area contributed by atoms with Gasteiger partial charge in [-0.2, -0.15) is 0 Å². The Labute approximate surface area is 146 Å². The van der Waals surface area contributed by atoms with Crippen LogP contribution < -0.4 is 0 Å². The molecule has 0 bridgehead atoms. The van der Waals surface area contributed by atoms with Crippen LogP contribution in [0.25, 0.3) is 0 Å². The fourth-order valence-corrected chi connectivity index (χ4v) is 2.12. The van der Waals surface area contributed by atoms with Crippen LogP contribution in [-0.2, 0) is 19.1 Å². The van der Waals surface area contributed by atoms with Gasteiger partial charge >= 0.3 is 11.9 Å². The van der Waals surface area contributed by atoms with Crippen LogP contribution in [0.2, 0.25) is 0 Å². The van der Waals surface area contributed by atoms with Crippen LogP contribution in [0.1, 0.15) is 64.2 Å². The average Bonchev–Trinajstić information content (AvgIpc) is 2.57. The maximum Gasteiger partial charge on any atom is 0.309 e. The SMILES string of the molecule is C=CCOC(=O)CC=C.O=C1CCCCCCCCC=CCCO1. The summed E-state index contributed by atoms with van der Waals surface area (Å²) in [7, 11) is 0. The molecule has 0 aromatic rings. The smallest absolute Gasteiger partial charge is 0.309 e. The summed E-state index contributed by atoms with van der Waals surface area (Å²) in [5, 5.41) is 0. The molecule has 136 valence electrons. The van der Waals surface area contributed by atoms with Crippen LogP contribution >= 0.6 is 0 Å². The van der Waals surface area contributed by atoms with Crippen LogP contribution in [0.3, 0.4) is 0 Å². The molecular formula is C20H32O4. The van der Waals surface area contributed by atoms with Crippen LogP contribution in [-0.4, -0.2) is 25.2 Å². The number of cyclic esters (lactones) is 1. The first kappa shape index (κ1) is 22.2. The van der Waals surface area contributed by atoms with E-state index in [0.29, 0.717) is 13.0 Å². The molecule has 0 amide bonds. The van der Waals surface area contributed by atoms with E-state index in [1.165, 1.54) is 50.7 Å². The highest BCUT2D eigenvalue weighted by Crippen LogP contribution is 2.10. The van der Waals surface area contributed by atoms with Gasteiger partial charge in [0.2, 0.25) is 0 Å². The van der Waals surface area contributed by atoms with Gasteiger partial charge in [-0.15, -0.1) is 6.58 Å². The monoisotopic (exact) mass is 336 g/mol. The molecule has 4 nitrogen and oxygen atoms in total. The van der Waals surface area contributed by atoms with Gasteiger partial charge in [-0.1, -0.05) is 56.6 Å². The Morgan fingerprint density at radius 2 is 1.71 bits per heavy atom. The Morgan fingerprint density at radius 3 is 2.42 bits per heavy atom. The minimum absolute atomic E-state index is 0.0274. The maximum atomic E-state index is 11.2. The van der Waals surface area contributed by atoms with E-state index in [1.54, 1.807) is 0 Å². The van der Waals surface area contributed by atoms with Crippen LogP contribution in [0.5, 0.6) is 0 Å². The zero-order valence-electron chi connectivity index (χ0n) is 14.8. The molecule has 1 aliphatic heterocycles. The molecule has 0 radical (unpaired) electrons. The van der Waals surface area contributed by atoms with E-state index in [4.69, 9.17) is 4.74 Å². The van der Waals surface area contributed by atoms with Crippen molar-refractivity contribution >= 4 is 11.9 Å². The largest absolute Gasteiger partial charge is 0.465 e. The van der Waals surface area contributed by atoms with Crippen molar-refractivity contribution in [3.05, 3.63) is 37.5 Å². The molecule has 0 spiro atoms. The number of hydrogen-bond acceptors (Lipinski definition) is 4. The molecule has 24 heavy (non-hydrogen) atoms. The molecule has 1 aliphatic rings. The first-order chi connectivity index (χ1) is 11.7. The summed E-state index contributed by atoms with van der Waals surface area (Å²) in [6.45, 7) is 7.61. The van der Waals surface area contributed by atoms with E-state index in [0.717, 1.165) is 12.8 Å². The van der Waals surface area contributed by atoms with Gasteiger partial charge in [0.15, 0.2) is 0 Å². The van der Waals surface area contributed by atoms with Gasteiger partial charge in [-0.05, 0) is 25.7 Å². The predicted molar refractivity (Wildman–Crippen MR) is 97.6 cm³/mol. The molecule has 0 atom stereocenters. The third-order valence-corrected chi connectivity index (χ3v) is 3.39. The van der Waals surface area contributed by atoms with Gasteiger partial charge in [0.1, 0.15) is 6.61 Å². The minimum atomic E-state index is -0.259. The van der Waals surface area contributed by atoms with Crippen LogP contribution in [0.4, 0.5) is 0 Å². The number of esters is 2. The summed E-state index contributed by atoms with van der Waals surface area (Å²) < 4.78 is 9.70. The van der Waals surface area contributed by atoms with Crippen molar-refractivity contribution in [1.82, 2.24) is 0 Å². The van der Waals surface area contributed by atoms with Crippen molar-refractivity contribution < 1.29 is 19.1 Å². The maximum absolute atomic E-state index is 11.2. The molecule has 0 unspecified atom stereocenters. The normalized spacial score (nSPS) is 16.6. The third kappa shape index (κ3) is 16.5. The second-order valence-corrected chi connectivity index (χ2v) is 5.61. The lowest BCUT2D eigenvalue weighted by Crippen LogP contribution is -2.05. The zero-order valence-corrected chi connectivity index (χ0v) is 14.8. The lowest BCUT2D eigenvalue weighted by atomic mass is 10.1. The van der Waals surface area contributed by atoms with E-state index in [9.17, 15) is 9.59 Å². The quantitative estimate of drug-likeness (QED) is 0.541. The van der Waals surface area contributed by atoms with Crippen molar-refractivity contribution in [3.8, 4) is 0 Å². The summed E-state index contributed by atoms with van der Waals surface area (Å²) in [6.07, 6.45) is 17.6. The molecule has 0 fully saturated rings. The highest BCUT2D eigenvalue weighted by molar-refractivity contribution is 5.71. The summed E-state index contributed by atoms with van der Waals surface area (Å²) in [5.74, 6) is -0.287. The summed E-state index contributed by atoms with van der Waals surface area (Å²) >= 11 is 0. The number of ether oxygens (including phenoxy) is 2. The van der Waals surface area contributed by atoms with Crippen molar-refractivity contribution in [2.24, 2.45) is 0 Å². The molecule has 0 aromatic carbocycles. The minimum Gasteiger partial charge on any atom is -0.465 e. The first-order valence-corrected chi connectivity index (χ1v) is 8.88. The van der Waals surface area contributed by atoms with Gasteiger partial charge in [0, 0.05) is 6.42 Å². The second kappa shape index (κ2) is 17.5. The van der Waals surface area contributed by atoms with Crippen molar-refractivity contribution in [3.63, 3.8) is 0 Å². The average molecular weight is 336 g/mol. The molecular weight excluding hydrogens is 304 g/mol. The predicted octanol–water partition coefficient (Wildman–Crippen LogP) is 4.90. The Morgan fingerprint density at radius 1 is 1.04 bits per heavy atom. The van der Waals surface area contributed by atoms with E-state index in [-0.39, 0.29) is 25.0 Å². The molecule has 4 heteroatoms. The lowest BCUT2D eigenvalue weighted by molar-refractivity contribution is -0.143. The topological polar surface area (TPSA) is 52.6 Å². The van der Waals surface area contributed by atoms with E-state index in [2.05, 4.69) is 30.0 Å². The Bertz CT molecular complexity index is 385. The Kier molecular flexibility index (Phi) is 16.2. The van der Waals surface area contributed by atoms with Gasteiger partial charge in [-0.25, -0.2) is 0 Å². The number of rotatable bonds is 4. The van der Waals surface area contributed by atoms with E-state index >= 15 is 0 Å². The number of carbonyl (C=O) groups is 2. The standard InChI is InChI=1S/C13H22O2.C7H10O2/c14-13-11-9-7-5-3-1-2-4-6-8-10-12-15-13;1-3-5-7(8)9-6-4-2/h6,8H,1-5,7,9-12H2;3-4H,1-2,5-6H2. The fourth-order valence-electron chi connectivity index (χ4n) is 2.12. The van der Waals surface area contributed by atoms with Gasteiger partial charge < -0.3 is 9.47 Å². The molecule has 0 N–H and O–H groups in total. The number of allylic oxidation sites excluding steroid dienone is 1. The lowest BCUT2D eigenvalue weighted by Gasteiger charge is -2.04. The summed E-state index contributed by atoms with van der Waals surface area (Å²) in [4.78, 5) is 21.7. The van der Waals surface area contributed by atoms with E-state index < -0.39 is 0 Å². The van der Waals surface area contributed by atoms with Crippen LogP contribution in [0.15, 0.2) is 37.5 Å². The molecule has 1 heterocycles. The highest BCUT2D eigenvalue weighted by Gasteiger charge is 2.01. The van der Waals surface area contributed by atoms with Crippen molar-refractivity contribution in [2.75, 3.05) is 13.2 Å².